The van der Waals surface area contributed by atoms with Gasteiger partial charge in [-0.2, -0.15) is 0 Å². The van der Waals surface area contributed by atoms with E-state index in [9.17, 15) is 9.18 Å². The van der Waals surface area contributed by atoms with E-state index in [4.69, 9.17) is 21.3 Å². The highest BCUT2D eigenvalue weighted by Gasteiger charge is 2.35. The van der Waals surface area contributed by atoms with E-state index in [-0.39, 0.29) is 30.3 Å². The van der Waals surface area contributed by atoms with Crippen LogP contribution in [0.25, 0.3) is 11.0 Å². The van der Waals surface area contributed by atoms with Gasteiger partial charge in [0, 0.05) is 11.1 Å². The van der Waals surface area contributed by atoms with Crippen LogP contribution in [0.15, 0.2) is 42.5 Å². The first-order valence-corrected chi connectivity index (χ1v) is 13.3. The Hall–Kier alpha value is -2.60. The molecule has 1 heterocycles. The Morgan fingerprint density at radius 3 is 2.43 bits per heavy atom. The van der Waals surface area contributed by atoms with Gasteiger partial charge in [0.05, 0.1) is 11.0 Å². The van der Waals surface area contributed by atoms with Crippen LogP contribution >= 0.6 is 11.6 Å². The van der Waals surface area contributed by atoms with Gasteiger partial charge in [0.15, 0.2) is 0 Å². The van der Waals surface area contributed by atoms with E-state index in [0.717, 1.165) is 51.4 Å². The average Bonchev–Trinajstić information content (AvgIpc) is 3.22. The molecule has 2 saturated carbocycles. The van der Waals surface area contributed by atoms with Crippen LogP contribution in [0.4, 0.5) is 4.39 Å². The van der Waals surface area contributed by atoms with Crippen LogP contribution in [0.2, 0.25) is 5.02 Å². The number of hydrogen-bond acceptors (Lipinski definition) is 3. The van der Waals surface area contributed by atoms with E-state index < -0.39 is 6.04 Å². The summed E-state index contributed by atoms with van der Waals surface area (Å²) in [4.78, 5) is 18.7. The highest BCUT2D eigenvalue weighted by Crippen LogP contribution is 2.37. The van der Waals surface area contributed by atoms with Gasteiger partial charge in [0.1, 0.15) is 30.0 Å². The molecule has 1 atom stereocenters. The number of nitrogens with zero attached hydrogens (tertiary/aromatic N) is 2. The third kappa shape index (κ3) is 5.64. The van der Waals surface area contributed by atoms with Crippen molar-refractivity contribution in [1.82, 2.24) is 14.9 Å². The molecule has 2 fully saturated rings. The number of fused-ring (bicyclic) bond motifs is 1. The number of hydrogen-bond donors (Lipinski definition) is 1. The Labute approximate surface area is 211 Å². The monoisotopic (exact) mass is 497 g/mol. The molecule has 2 aliphatic carbocycles. The molecular formula is C28H33ClFN3O2. The van der Waals surface area contributed by atoms with E-state index in [1.807, 2.05) is 16.7 Å². The maximum Gasteiger partial charge on any atom is 0.243 e. The SMILES string of the molecule is O=C(NC1CCCCC1)C(C1CCCCC1)n1c(COc2ccc(Cl)cc2)nc2ccc(F)cc21. The first-order valence-electron chi connectivity index (χ1n) is 12.9. The lowest BCUT2D eigenvalue weighted by atomic mass is 9.83. The number of rotatable bonds is 7. The maximum absolute atomic E-state index is 14.4. The molecule has 5 nitrogen and oxygen atoms in total. The van der Waals surface area contributed by atoms with Gasteiger partial charge in [0.25, 0.3) is 0 Å². The van der Waals surface area contributed by atoms with Gasteiger partial charge in [-0.1, -0.05) is 50.1 Å². The van der Waals surface area contributed by atoms with Gasteiger partial charge in [-0.15, -0.1) is 0 Å². The van der Waals surface area contributed by atoms with Crippen LogP contribution in [0.1, 0.15) is 76.1 Å². The number of halogens is 2. The van der Waals surface area contributed by atoms with Gasteiger partial charge >= 0.3 is 0 Å². The fraction of sp³-hybridized carbons (Fsp3) is 0.500. The summed E-state index contributed by atoms with van der Waals surface area (Å²) in [7, 11) is 0. The summed E-state index contributed by atoms with van der Waals surface area (Å²) in [5.41, 5.74) is 1.32. The second kappa shape index (κ2) is 11.0. The highest BCUT2D eigenvalue weighted by molar-refractivity contribution is 6.30. The van der Waals surface area contributed by atoms with Crippen molar-refractivity contribution in [3.05, 3.63) is 59.1 Å². The average molecular weight is 498 g/mol. The summed E-state index contributed by atoms with van der Waals surface area (Å²) in [6, 6.07) is 11.5. The van der Waals surface area contributed by atoms with Gasteiger partial charge < -0.3 is 14.6 Å². The summed E-state index contributed by atoms with van der Waals surface area (Å²) in [6.45, 7) is 0.178. The van der Waals surface area contributed by atoms with E-state index in [0.29, 0.717) is 27.6 Å². The molecule has 0 radical (unpaired) electrons. The topological polar surface area (TPSA) is 56.2 Å². The Morgan fingerprint density at radius 2 is 1.71 bits per heavy atom. The Morgan fingerprint density at radius 1 is 1.03 bits per heavy atom. The molecule has 35 heavy (non-hydrogen) atoms. The second-order valence-corrected chi connectivity index (χ2v) is 10.4. The first-order chi connectivity index (χ1) is 17.1. The molecule has 1 unspecified atom stereocenters. The number of nitrogens with one attached hydrogen (secondary N) is 1. The minimum absolute atomic E-state index is 0.0279. The number of amides is 1. The van der Waals surface area contributed by atoms with Crippen LogP contribution in [-0.2, 0) is 11.4 Å². The lowest BCUT2D eigenvalue weighted by molar-refractivity contribution is -0.127. The second-order valence-electron chi connectivity index (χ2n) is 9.96. The molecule has 1 amide bonds. The quantitative estimate of drug-likeness (QED) is 0.383. The summed E-state index contributed by atoms with van der Waals surface area (Å²) in [5.74, 6) is 1.18. The molecule has 1 N–H and O–H groups in total. The molecule has 0 saturated heterocycles. The Bertz CT molecular complexity index is 1150. The smallest absolute Gasteiger partial charge is 0.243 e. The predicted octanol–water partition coefficient (Wildman–Crippen LogP) is 6.98. The molecule has 0 aliphatic heterocycles. The number of aromatic nitrogens is 2. The van der Waals surface area contributed by atoms with Crippen LogP contribution in [0, 0.1) is 11.7 Å². The zero-order valence-corrected chi connectivity index (χ0v) is 20.8. The Kier molecular flexibility index (Phi) is 7.57. The standard InChI is InChI=1S/C28H33ClFN3O2/c29-20-11-14-23(15-12-20)35-18-26-32-24-16-13-21(30)17-25(24)33(26)27(19-7-3-1-4-8-19)28(34)31-22-9-5-2-6-10-22/h11-17,19,22,27H,1-10,18H2,(H,31,34). The molecule has 186 valence electrons. The van der Waals surface area contributed by atoms with E-state index in [1.165, 1.54) is 25.0 Å². The fourth-order valence-corrected chi connectivity index (χ4v) is 5.86. The third-order valence-electron chi connectivity index (χ3n) is 7.50. The molecular weight excluding hydrogens is 465 g/mol. The van der Waals surface area contributed by atoms with Gasteiger partial charge in [-0.05, 0) is 74.1 Å². The lowest BCUT2D eigenvalue weighted by Gasteiger charge is -2.33. The van der Waals surface area contributed by atoms with Crippen LogP contribution in [-0.4, -0.2) is 21.5 Å². The predicted molar refractivity (Wildman–Crippen MR) is 136 cm³/mol. The van der Waals surface area contributed by atoms with Crippen molar-refractivity contribution in [1.29, 1.82) is 0 Å². The minimum atomic E-state index is -0.437. The van der Waals surface area contributed by atoms with Crippen molar-refractivity contribution in [3.63, 3.8) is 0 Å². The highest BCUT2D eigenvalue weighted by atomic mass is 35.5. The number of carbonyl (C=O) groups is 1. The molecule has 2 aliphatic rings. The minimum Gasteiger partial charge on any atom is -0.486 e. The Balaban J connectivity index is 1.52. The number of imidazole rings is 1. The zero-order chi connectivity index (χ0) is 24.2. The fourth-order valence-electron chi connectivity index (χ4n) is 5.73. The largest absolute Gasteiger partial charge is 0.486 e. The number of carbonyl (C=O) groups excluding carboxylic acids is 1. The molecule has 0 spiro atoms. The van der Waals surface area contributed by atoms with Gasteiger partial charge in [-0.3, -0.25) is 4.79 Å². The van der Waals surface area contributed by atoms with E-state index >= 15 is 0 Å². The van der Waals surface area contributed by atoms with Crippen LogP contribution in [0.3, 0.4) is 0 Å². The van der Waals surface area contributed by atoms with Crippen molar-refractivity contribution < 1.29 is 13.9 Å². The van der Waals surface area contributed by atoms with Crippen LogP contribution < -0.4 is 10.1 Å². The number of ether oxygens (including phenoxy) is 1. The molecule has 0 bridgehead atoms. The molecule has 3 aromatic rings. The molecule has 5 rings (SSSR count). The van der Waals surface area contributed by atoms with Crippen LogP contribution in [0.5, 0.6) is 5.75 Å². The van der Waals surface area contributed by atoms with Crippen molar-refractivity contribution in [2.75, 3.05) is 0 Å². The van der Waals surface area contributed by atoms with Crippen molar-refractivity contribution in [2.45, 2.75) is 82.9 Å². The lowest BCUT2D eigenvalue weighted by Crippen LogP contribution is -2.44. The summed E-state index contributed by atoms with van der Waals surface area (Å²) < 4.78 is 22.4. The summed E-state index contributed by atoms with van der Waals surface area (Å²) >= 11 is 6.01. The molecule has 7 heteroatoms. The third-order valence-corrected chi connectivity index (χ3v) is 7.75. The molecule has 1 aromatic heterocycles. The maximum atomic E-state index is 14.4. The summed E-state index contributed by atoms with van der Waals surface area (Å²) in [6.07, 6.45) is 10.9. The van der Waals surface area contributed by atoms with E-state index in [1.54, 1.807) is 18.2 Å². The first kappa shape index (κ1) is 24.1. The normalized spacial score (nSPS) is 18.5. The van der Waals surface area contributed by atoms with Crippen molar-refractivity contribution in [3.8, 4) is 5.75 Å². The summed E-state index contributed by atoms with van der Waals surface area (Å²) in [5, 5.41) is 3.99. The van der Waals surface area contributed by atoms with Gasteiger partial charge in [0.2, 0.25) is 5.91 Å². The number of benzene rings is 2. The van der Waals surface area contributed by atoms with Crippen molar-refractivity contribution in [2.24, 2.45) is 5.92 Å². The molecule has 2 aromatic carbocycles. The van der Waals surface area contributed by atoms with Crippen molar-refractivity contribution >= 4 is 28.5 Å². The van der Waals surface area contributed by atoms with E-state index in [2.05, 4.69) is 5.32 Å². The zero-order valence-electron chi connectivity index (χ0n) is 20.0. The van der Waals surface area contributed by atoms with Gasteiger partial charge in [-0.25, -0.2) is 9.37 Å².